The van der Waals surface area contributed by atoms with Gasteiger partial charge >= 0.3 is 6.03 Å². The van der Waals surface area contributed by atoms with Gasteiger partial charge in [-0.25, -0.2) is 4.79 Å². The van der Waals surface area contributed by atoms with Gasteiger partial charge in [-0.15, -0.1) is 0 Å². The Hall–Kier alpha value is -2.65. The zero-order valence-corrected chi connectivity index (χ0v) is 24.5. The normalized spacial score (nSPS) is 21.9. The van der Waals surface area contributed by atoms with Crippen molar-refractivity contribution in [3.05, 3.63) is 0 Å². The maximum atomic E-state index is 14.0. The van der Waals surface area contributed by atoms with Crippen LogP contribution < -0.4 is 21.7 Å². The van der Waals surface area contributed by atoms with E-state index in [0.717, 1.165) is 25.7 Å². The molecule has 1 aliphatic heterocycles. The van der Waals surface area contributed by atoms with Crippen molar-refractivity contribution in [2.45, 2.75) is 118 Å². The van der Waals surface area contributed by atoms with Crippen molar-refractivity contribution in [2.75, 3.05) is 6.54 Å². The number of rotatable bonds is 10. The summed E-state index contributed by atoms with van der Waals surface area (Å²) in [5.74, 6) is -2.25. The third kappa shape index (κ3) is 8.70. The van der Waals surface area contributed by atoms with Crippen molar-refractivity contribution in [1.29, 1.82) is 0 Å². The van der Waals surface area contributed by atoms with Gasteiger partial charge < -0.3 is 26.6 Å². The average Bonchev–Trinajstić information content (AvgIpc) is 3.13. The lowest BCUT2D eigenvalue weighted by Crippen LogP contribution is -2.61. The molecule has 1 aliphatic carbocycles. The highest BCUT2D eigenvalue weighted by Crippen LogP contribution is 2.34. The molecule has 0 radical (unpaired) electrons. The van der Waals surface area contributed by atoms with Crippen LogP contribution in [0.5, 0.6) is 0 Å². The first-order valence-electron chi connectivity index (χ1n) is 13.9. The fourth-order valence-electron chi connectivity index (χ4n) is 5.36. The Labute approximate surface area is 227 Å². The third-order valence-electron chi connectivity index (χ3n) is 7.40. The van der Waals surface area contributed by atoms with Crippen LogP contribution in [0, 0.1) is 23.2 Å². The lowest BCUT2D eigenvalue weighted by atomic mass is 9.80. The van der Waals surface area contributed by atoms with Crippen LogP contribution in [0.25, 0.3) is 0 Å². The van der Waals surface area contributed by atoms with Crippen molar-refractivity contribution in [1.82, 2.24) is 20.9 Å². The van der Waals surface area contributed by atoms with Gasteiger partial charge in [0.15, 0.2) is 0 Å². The number of ketones is 1. The summed E-state index contributed by atoms with van der Waals surface area (Å²) in [5.41, 5.74) is 4.18. The summed E-state index contributed by atoms with van der Waals surface area (Å²) in [6.07, 6.45) is 4.65. The van der Waals surface area contributed by atoms with Gasteiger partial charge in [-0.05, 0) is 63.2 Å². The highest BCUT2D eigenvalue weighted by atomic mass is 16.2. The Morgan fingerprint density at radius 1 is 0.921 bits per heavy atom. The van der Waals surface area contributed by atoms with Gasteiger partial charge in [0.05, 0.1) is 6.04 Å². The van der Waals surface area contributed by atoms with Crippen LogP contribution in [-0.4, -0.2) is 64.6 Å². The summed E-state index contributed by atoms with van der Waals surface area (Å²) in [7, 11) is 0. The van der Waals surface area contributed by atoms with Gasteiger partial charge in [0.2, 0.25) is 17.6 Å². The second-order valence-electron chi connectivity index (χ2n) is 13.6. The highest BCUT2D eigenvalue weighted by Gasteiger charge is 2.47. The van der Waals surface area contributed by atoms with E-state index in [1.165, 1.54) is 0 Å². The second-order valence-corrected chi connectivity index (χ2v) is 13.6. The number of primary amides is 1. The van der Waals surface area contributed by atoms with E-state index >= 15 is 0 Å². The third-order valence-corrected chi connectivity index (χ3v) is 7.40. The highest BCUT2D eigenvalue weighted by molar-refractivity contribution is 6.37. The minimum absolute atomic E-state index is 0.115. The van der Waals surface area contributed by atoms with E-state index in [9.17, 15) is 24.0 Å². The van der Waals surface area contributed by atoms with Crippen molar-refractivity contribution >= 4 is 29.5 Å². The van der Waals surface area contributed by atoms with Gasteiger partial charge in [0, 0.05) is 12.1 Å². The van der Waals surface area contributed by atoms with E-state index < -0.39 is 52.7 Å². The molecule has 0 aromatic carbocycles. The molecule has 0 aromatic heterocycles. The molecular weight excluding hydrogens is 486 g/mol. The van der Waals surface area contributed by atoms with Gasteiger partial charge in [-0.3, -0.25) is 19.2 Å². The van der Waals surface area contributed by atoms with Crippen LogP contribution in [0.4, 0.5) is 4.79 Å². The summed E-state index contributed by atoms with van der Waals surface area (Å²) < 4.78 is 0. The summed E-state index contributed by atoms with van der Waals surface area (Å²) in [5, 5.41) is 8.46. The van der Waals surface area contributed by atoms with Crippen LogP contribution in [0.3, 0.4) is 0 Å². The average molecular weight is 536 g/mol. The molecule has 1 heterocycles. The summed E-state index contributed by atoms with van der Waals surface area (Å²) in [4.78, 5) is 66.3. The number of Topliss-reactive ketones (excluding diaryl/α,β-unsaturated/α-hetero) is 1. The monoisotopic (exact) mass is 535 g/mol. The number of nitrogens with one attached hydrogen (secondary N) is 3. The van der Waals surface area contributed by atoms with E-state index in [1.807, 2.05) is 41.5 Å². The minimum atomic E-state index is -1.07. The number of likely N-dealkylation sites (tertiary alicyclic amines) is 1. The van der Waals surface area contributed by atoms with Crippen LogP contribution in [0.15, 0.2) is 0 Å². The molecule has 1 saturated heterocycles. The van der Waals surface area contributed by atoms with E-state index in [2.05, 4.69) is 29.8 Å². The van der Waals surface area contributed by atoms with Crippen LogP contribution >= 0.6 is 0 Å². The SMILES string of the molecule is CC(C)C[C@H]1CCN(C(=O)C(NC(=O)NC(C)(C)C)C(C)(C)C)[C@@H]1C(=O)NC(CC1CCC1)C(=O)C(N)=O. The summed E-state index contributed by atoms with van der Waals surface area (Å²) >= 11 is 0. The minimum Gasteiger partial charge on any atom is -0.363 e. The van der Waals surface area contributed by atoms with Crippen LogP contribution in [-0.2, 0) is 19.2 Å². The molecule has 216 valence electrons. The zero-order valence-electron chi connectivity index (χ0n) is 24.5. The maximum absolute atomic E-state index is 14.0. The van der Waals surface area contributed by atoms with Gasteiger partial charge in [0.25, 0.3) is 5.91 Å². The van der Waals surface area contributed by atoms with Gasteiger partial charge in [0.1, 0.15) is 12.1 Å². The number of nitrogens with zero attached hydrogens (tertiary/aromatic N) is 1. The Morgan fingerprint density at radius 2 is 1.53 bits per heavy atom. The lowest BCUT2D eigenvalue weighted by molar-refractivity contribution is -0.144. The Bertz CT molecular complexity index is 900. The van der Waals surface area contributed by atoms with E-state index in [-0.39, 0.29) is 23.7 Å². The number of urea groups is 1. The van der Waals surface area contributed by atoms with E-state index in [1.54, 1.807) is 4.90 Å². The van der Waals surface area contributed by atoms with Crippen molar-refractivity contribution < 1.29 is 24.0 Å². The van der Waals surface area contributed by atoms with Crippen LogP contribution in [0.2, 0.25) is 0 Å². The largest absolute Gasteiger partial charge is 0.363 e. The van der Waals surface area contributed by atoms with E-state index in [0.29, 0.717) is 19.4 Å². The fourth-order valence-corrected chi connectivity index (χ4v) is 5.36. The molecule has 2 aliphatic rings. The molecule has 5 amide bonds. The number of amides is 5. The molecule has 10 heteroatoms. The molecule has 2 fully saturated rings. The molecule has 2 unspecified atom stereocenters. The molecule has 2 rings (SSSR count). The Kier molecular flexibility index (Phi) is 10.4. The molecule has 4 atom stereocenters. The second kappa shape index (κ2) is 12.5. The molecule has 38 heavy (non-hydrogen) atoms. The number of carbonyl (C=O) groups is 5. The number of carbonyl (C=O) groups excluding carboxylic acids is 5. The van der Waals surface area contributed by atoms with Crippen LogP contribution in [0.1, 0.15) is 93.9 Å². The number of hydrogen-bond donors (Lipinski definition) is 4. The standard InChI is InChI=1S/C28H49N5O5/c1-16(2)14-18-12-13-33(25(37)22(27(3,4)5)31-26(38)32-28(6,7)8)20(18)24(36)30-19(21(34)23(29)35)15-17-10-9-11-17/h16-20,22H,9-15H2,1-8H3,(H2,29,35)(H,30,36)(H2,31,32,38)/t18-,19?,20+,22?/m1/s1. The summed E-state index contributed by atoms with van der Waals surface area (Å²) in [6.45, 7) is 15.6. The number of hydrogen-bond acceptors (Lipinski definition) is 5. The molecule has 0 bridgehead atoms. The molecule has 5 N–H and O–H groups in total. The Balaban J connectivity index is 2.33. The fraction of sp³-hybridized carbons (Fsp3) is 0.821. The Morgan fingerprint density at radius 3 is 1.97 bits per heavy atom. The first-order chi connectivity index (χ1) is 17.4. The molecule has 0 aromatic rings. The van der Waals surface area contributed by atoms with E-state index in [4.69, 9.17) is 5.73 Å². The topological polar surface area (TPSA) is 151 Å². The first-order valence-corrected chi connectivity index (χ1v) is 13.9. The van der Waals surface area contributed by atoms with Crippen molar-refractivity contribution in [3.63, 3.8) is 0 Å². The van der Waals surface area contributed by atoms with Crippen molar-refractivity contribution in [2.24, 2.45) is 28.9 Å². The molecule has 1 saturated carbocycles. The molecule has 0 spiro atoms. The zero-order chi connectivity index (χ0) is 29.0. The molecule has 10 nitrogen and oxygen atoms in total. The smallest absolute Gasteiger partial charge is 0.315 e. The molecular formula is C28H49N5O5. The predicted octanol–water partition coefficient (Wildman–Crippen LogP) is 2.49. The number of nitrogens with two attached hydrogens (primary N) is 1. The lowest BCUT2D eigenvalue weighted by Gasteiger charge is -2.37. The van der Waals surface area contributed by atoms with Crippen molar-refractivity contribution in [3.8, 4) is 0 Å². The van der Waals surface area contributed by atoms with Gasteiger partial charge in [-0.1, -0.05) is 53.9 Å². The maximum Gasteiger partial charge on any atom is 0.315 e. The predicted molar refractivity (Wildman–Crippen MR) is 146 cm³/mol. The first kappa shape index (κ1) is 31.6. The van der Waals surface area contributed by atoms with Gasteiger partial charge in [-0.2, -0.15) is 0 Å². The quantitative estimate of drug-likeness (QED) is 0.317. The summed E-state index contributed by atoms with van der Waals surface area (Å²) in [6, 6.07) is -3.16.